The first-order chi connectivity index (χ1) is 32.0. The predicted molar refractivity (Wildman–Crippen MR) is 269 cm³/mol. The molecule has 0 atom stereocenters. The summed E-state index contributed by atoms with van der Waals surface area (Å²) in [6, 6.07) is 79.6. The number of hydrogen-bond acceptors (Lipinski definition) is 4. The molecule has 308 valence electrons. The van der Waals surface area contributed by atoms with Gasteiger partial charge in [-0.15, -0.1) is 0 Å². The standard InChI is InChI=1S/C61H43N3O/c1-61(2)51-24-13-12-22-48(51)59-52(61)25-15-26-55(59)64(46-33-28-41(29-34-46)40-16-6-3-7-17-40)47-35-30-42(31-36-47)45-32-37-56-50(38-45)58-49(23-14-27-57(58)65-56)54-39-53(43-18-8-4-9-19-43)62-60(63-54)44-20-10-5-11-21-44/h3-39H,1-2H3. The molecule has 12 rings (SSSR count). The minimum Gasteiger partial charge on any atom is -0.456 e. The number of benzene rings is 9. The van der Waals surface area contributed by atoms with E-state index < -0.39 is 0 Å². The third-order valence-electron chi connectivity index (χ3n) is 13.1. The summed E-state index contributed by atoms with van der Waals surface area (Å²) in [7, 11) is 0. The topological polar surface area (TPSA) is 42.2 Å². The summed E-state index contributed by atoms with van der Waals surface area (Å²) in [5, 5.41) is 2.07. The first-order valence-corrected chi connectivity index (χ1v) is 22.2. The molecule has 2 aromatic heterocycles. The van der Waals surface area contributed by atoms with Crippen molar-refractivity contribution < 1.29 is 4.42 Å². The van der Waals surface area contributed by atoms with E-state index >= 15 is 0 Å². The molecule has 0 unspecified atom stereocenters. The van der Waals surface area contributed by atoms with Crippen LogP contribution in [0.4, 0.5) is 17.1 Å². The van der Waals surface area contributed by atoms with Crippen LogP contribution in [0.15, 0.2) is 229 Å². The Labute approximate surface area is 378 Å². The number of anilines is 3. The molecule has 0 fully saturated rings. The van der Waals surface area contributed by atoms with Gasteiger partial charge >= 0.3 is 0 Å². The van der Waals surface area contributed by atoms with Gasteiger partial charge in [0.05, 0.1) is 17.1 Å². The highest BCUT2D eigenvalue weighted by Crippen LogP contribution is 2.54. The molecule has 65 heavy (non-hydrogen) atoms. The fraction of sp³-hybridized carbons (Fsp3) is 0.0492. The molecular formula is C61H43N3O. The van der Waals surface area contributed by atoms with E-state index in [9.17, 15) is 0 Å². The molecule has 2 heterocycles. The van der Waals surface area contributed by atoms with Gasteiger partial charge in [0.2, 0.25) is 0 Å². The molecule has 0 saturated carbocycles. The maximum absolute atomic E-state index is 6.55. The zero-order valence-electron chi connectivity index (χ0n) is 36.1. The molecule has 1 aliphatic rings. The minimum atomic E-state index is -0.119. The number of fused-ring (bicyclic) bond motifs is 6. The quantitative estimate of drug-likeness (QED) is 0.153. The van der Waals surface area contributed by atoms with Crippen molar-refractivity contribution in [2.75, 3.05) is 4.90 Å². The molecule has 0 N–H and O–H groups in total. The average molecular weight is 834 g/mol. The molecule has 0 spiro atoms. The molecule has 0 amide bonds. The van der Waals surface area contributed by atoms with Crippen LogP contribution in [-0.2, 0) is 5.41 Å². The largest absolute Gasteiger partial charge is 0.456 e. The van der Waals surface area contributed by atoms with Crippen molar-refractivity contribution in [3.63, 3.8) is 0 Å². The molecular weight excluding hydrogens is 791 g/mol. The molecule has 11 aromatic rings. The van der Waals surface area contributed by atoms with Crippen LogP contribution in [0.25, 0.3) is 89.2 Å². The van der Waals surface area contributed by atoms with E-state index in [2.05, 4.69) is 201 Å². The van der Waals surface area contributed by atoms with Crippen LogP contribution in [0.3, 0.4) is 0 Å². The Morgan fingerprint density at radius 2 is 0.938 bits per heavy atom. The van der Waals surface area contributed by atoms with Crippen molar-refractivity contribution >= 4 is 39.0 Å². The van der Waals surface area contributed by atoms with E-state index in [1.54, 1.807) is 0 Å². The maximum Gasteiger partial charge on any atom is 0.160 e. The van der Waals surface area contributed by atoms with Crippen LogP contribution in [0.5, 0.6) is 0 Å². The molecule has 9 aromatic carbocycles. The zero-order chi connectivity index (χ0) is 43.5. The molecule has 4 nitrogen and oxygen atoms in total. The molecule has 0 radical (unpaired) electrons. The van der Waals surface area contributed by atoms with E-state index in [0.717, 1.165) is 78.2 Å². The lowest BCUT2D eigenvalue weighted by molar-refractivity contribution is 0.660. The number of nitrogens with zero attached hydrogens (tertiary/aromatic N) is 3. The first-order valence-electron chi connectivity index (χ1n) is 22.2. The zero-order valence-corrected chi connectivity index (χ0v) is 36.1. The fourth-order valence-corrected chi connectivity index (χ4v) is 9.86. The van der Waals surface area contributed by atoms with Gasteiger partial charge in [0.15, 0.2) is 5.82 Å². The van der Waals surface area contributed by atoms with Crippen molar-refractivity contribution in [1.82, 2.24) is 9.97 Å². The van der Waals surface area contributed by atoms with Crippen LogP contribution < -0.4 is 4.90 Å². The van der Waals surface area contributed by atoms with Crippen LogP contribution in [0.2, 0.25) is 0 Å². The fourth-order valence-electron chi connectivity index (χ4n) is 9.86. The van der Waals surface area contributed by atoms with Gasteiger partial charge in [0, 0.05) is 49.8 Å². The second kappa shape index (κ2) is 15.5. The second-order valence-electron chi connectivity index (χ2n) is 17.4. The summed E-state index contributed by atoms with van der Waals surface area (Å²) in [6.07, 6.45) is 0. The van der Waals surface area contributed by atoms with Crippen molar-refractivity contribution in [2.24, 2.45) is 0 Å². The second-order valence-corrected chi connectivity index (χ2v) is 17.4. The Bertz CT molecular complexity index is 3480. The Morgan fingerprint density at radius 1 is 0.400 bits per heavy atom. The first kappa shape index (κ1) is 38.3. The van der Waals surface area contributed by atoms with Gasteiger partial charge in [-0.3, -0.25) is 0 Å². The highest BCUT2D eigenvalue weighted by atomic mass is 16.3. The van der Waals surface area contributed by atoms with Crippen LogP contribution in [0.1, 0.15) is 25.0 Å². The molecule has 0 saturated heterocycles. The van der Waals surface area contributed by atoms with Crippen LogP contribution in [-0.4, -0.2) is 9.97 Å². The van der Waals surface area contributed by atoms with E-state index in [1.165, 1.54) is 33.4 Å². The Hall–Kier alpha value is -8.34. The summed E-state index contributed by atoms with van der Waals surface area (Å²) >= 11 is 0. The summed E-state index contributed by atoms with van der Waals surface area (Å²) in [6.45, 7) is 4.69. The third-order valence-corrected chi connectivity index (χ3v) is 13.1. The van der Waals surface area contributed by atoms with Crippen molar-refractivity contribution in [1.29, 1.82) is 0 Å². The molecule has 0 bridgehead atoms. The van der Waals surface area contributed by atoms with Gasteiger partial charge in [0.1, 0.15) is 11.2 Å². The Morgan fingerprint density at radius 3 is 1.65 bits per heavy atom. The lowest BCUT2D eigenvalue weighted by atomic mass is 9.82. The van der Waals surface area contributed by atoms with Gasteiger partial charge in [-0.1, -0.05) is 184 Å². The van der Waals surface area contributed by atoms with E-state index in [1.807, 2.05) is 42.5 Å². The number of hydrogen-bond donors (Lipinski definition) is 0. The van der Waals surface area contributed by atoms with Gasteiger partial charge < -0.3 is 9.32 Å². The maximum atomic E-state index is 6.55. The average Bonchev–Trinajstić information content (AvgIpc) is 3.87. The number of rotatable bonds is 8. The lowest BCUT2D eigenvalue weighted by Crippen LogP contribution is -2.16. The van der Waals surface area contributed by atoms with Crippen molar-refractivity contribution in [2.45, 2.75) is 19.3 Å². The van der Waals surface area contributed by atoms with Crippen LogP contribution >= 0.6 is 0 Å². The highest BCUT2D eigenvalue weighted by Gasteiger charge is 2.37. The summed E-state index contributed by atoms with van der Waals surface area (Å²) < 4.78 is 6.55. The van der Waals surface area contributed by atoms with Crippen molar-refractivity contribution in [3.05, 3.63) is 236 Å². The van der Waals surface area contributed by atoms with Gasteiger partial charge in [0.25, 0.3) is 0 Å². The molecule has 1 aliphatic carbocycles. The summed E-state index contributed by atoms with van der Waals surface area (Å²) in [5.41, 5.74) is 19.5. The summed E-state index contributed by atoms with van der Waals surface area (Å²) in [4.78, 5) is 12.7. The highest BCUT2D eigenvalue weighted by molar-refractivity contribution is 6.13. The Balaban J connectivity index is 0.971. The van der Waals surface area contributed by atoms with E-state index in [-0.39, 0.29) is 5.41 Å². The SMILES string of the molecule is CC1(C)c2ccccc2-c2c(N(c3ccc(-c4ccccc4)cc3)c3ccc(-c4ccc5oc6cccc(-c7cc(-c8ccccc8)nc(-c8ccccc8)n7)c6c5c4)cc3)cccc21. The third kappa shape index (κ3) is 6.61. The van der Waals surface area contributed by atoms with E-state index in [4.69, 9.17) is 14.4 Å². The van der Waals surface area contributed by atoms with Crippen LogP contribution in [0, 0.1) is 0 Å². The Kier molecular flexibility index (Phi) is 9.13. The summed E-state index contributed by atoms with van der Waals surface area (Å²) in [5.74, 6) is 0.682. The van der Waals surface area contributed by atoms with Gasteiger partial charge in [-0.05, 0) is 93.5 Å². The normalized spacial score (nSPS) is 12.6. The van der Waals surface area contributed by atoms with Crippen molar-refractivity contribution in [3.8, 4) is 67.3 Å². The van der Waals surface area contributed by atoms with Gasteiger partial charge in [-0.2, -0.15) is 0 Å². The monoisotopic (exact) mass is 833 g/mol. The predicted octanol–water partition coefficient (Wildman–Crippen LogP) is 16.5. The lowest BCUT2D eigenvalue weighted by Gasteiger charge is -2.29. The molecule has 4 heteroatoms. The number of aromatic nitrogens is 2. The smallest absolute Gasteiger partial charge is 0.160 e. The van der Waals surface area contributed by atoms with E-state index in [0.29, 0.717) is 5.82 Å². The number of furan rings is 1. The molecule has 0 aliphatic heterocycles. The van der Waals surface area contributed by atoms with Gasteiger partial charge in [-0.25, -0.2) is 9.97 Å². The minimum absolute atomic E-state index is 0.119.